The van der Waals surface area contributed by atoms with Crippen molar-refractivity contribution in [3.05, 3.63) is 71.7 Å². The number of amides is 2. The molecule has 0 bridgehead atoms. The van der Waals surface area contributed by atoms with Gasteiger partial charge in [-0.15, -0.1) is 0 Å². The van der Waals surface area contributed by atoms with Crippen LogP contribution in [0.25, 0.3) is 16.7 Å². The number of nitrogens with zero attached hydrogens (tertiary/aromatic N) is 2. The van der Waals surface area contributed by atoms with Crippen LogP contribution in [-0.4, -0.2) is 46.8 Å². The van der Waals surface area contributed by atoms with Crippen LogP contribution in [0.15, 0.2) is 65.9 Å². The Labute approximate surface area is 196 Å². The summed E-state index contributed by atoms with van der Waals surface area (Å²) >= 11 is 0. The predicted molar refractivity (Wildman–Crippen MR) is 125 cm³/mol. The van der Waals surface area contributed by atoms with Gasteiger partial charge in [-0.3, -0.25) is 9.36 Å². The van der Waals surface area contributed by atoms with E-state index in [0.29, 0.717) is 6.42 Å². The van der Waals surface area contributed by atoms with Crippen LogP contribution in [0, 0.1) is 0 Å². The summed E-state index contributed by atoms with van der Waals surface area (Å²) in [5.41, 5.74) is 3.20. The number of hydrogen-bond acceptors (Lipinski definition) is 6. The lowest BCUT2D eigenvalue weighted by molar-refractivity contribution is -0.143. The van der Waals surface area contributed by atoms with Crippen molar-refractivity contribution in [1.29, 1.82) is 0 Å². The van der Waals surface area contributed by atoms with Gasteiger partial charge in [0.1, 0.15) is 12.4 Å². The summed E-state index contributed by atoms with van der Waals surface area (Å²) in [4.78, 5) is 41.4. The van der Waals surface area contributed by atoms with Crippen molar-refractivity contribution >= 4 is 29.0 Å². The van der Waals surface area contributed by atoms with Gasteiger partial charge in [-0.25, -0.2) is 14.6 Å². The molecule has 0 saturated heterocycles. The van der Waals surface area contributed by atoms with Crippen molar-refractivity contribution in [2.75, 3.05) is 13.2 Å². The number of carbonyl (C=O) groups excluding carboxylic acids is 3. The van der Waals surface area contributed by atoms with E-state index < -0.39 is 24.0 Å². The van der Waals surface area contributed by atoms with E-state index in [-0.39, 0.29) is 30.9 Å². The van der Waals surface area contributed by atoms with Gasteiger partial charge in [0.05, 0.1) is 41.4 Å². The molecule has 2 heterocycles. The molecule has 2 N–H and O–H groups in total. The number of ether oxygens (including phenoxy) is 2. The monoisotopic (exact) mass is 462 g/mol. The van der Waals surface area contributed by atoms with Crippen LogP contribution in [0.5, 0.6) is 0 Å². The van der Waals surface area contributed by atoms with Crippen LogP contribution in [0.4, 0.5) is 4.79 Å². The quantitative estimate of drug-likeness (QED) is 0.498. The zero-order valence-electron chi connectivity index (χ0n) is 19.0. The molecule has 0 radical (unpaired) electrons. The predicted octanol–water partition coefficient (Wildman–Crippen LogP) is 3.02. The molecule has 0 aliphatic carbocycles. The van der Waals surface area contributed by atoms with Gasteiger partial charge in [0, 0.05) is 12.1 Å². The smallest absolute Gasteiger partial charge is 0.338 e. The third-order valence-corrected chi connectivity index (χ3v) is 5.44. The van der Waals surface area contributed by atoms with E-state index in [4.69, 9.17) is 14.5 Å². The molecule has 1 atom stereocenters. The molecule has 0 saturated carbocycles. The first-order chi connectivity index (χ1) is 16.5. The number of hydrogen-bond donors (Lipinski definition) is 2. The number of benzene rings is 2. The van der Waals surface area contributed by atoms with Gasteiger partial charge >= 0.3 is 18.0 Å². The first-order valence-electron chi connectivity index (χ1n) is 11.1. The van der Waals surface area contributed by atoms with Crippen LogP contribution in [0.2, 0.25) is 0 Å². The largest absolute Gasteiger partial charge is 0.463 e. The van der Waals surface area contributed by atoms with Crippen LogP contribution in [0.1, 0.15) is 26.1 Å². The Morgan fingerprint density at radius 1 is 1.06 bits per heavy atom. The van der Waals surface area contributed by atoms with Crippen LogP contribution >= 0.6 is 0 Å². The number of urea groups is 1. The molecule has 176 valence electrons. The topological polar surface area (TPSA) is 112 Å². The molecule has 3 aromatic rings. The first-order valence-corrected chi connectivity index (χ1v) is 11.1. The van der Waals surface area contributed by atoms with Gasteiger partial charge in [-0.2, -0.15) is 0 Å². The lowest BCUT2D eigenvalue weighted by Crippen LogP contribution is -2.50. The summed E-state index contributed by atoms with van der Waals surface area (Å²) in [5, 5.41) is 5.16. The Morgan fingerprint density at radius 3 is 2.56 bits per heavy atom. The second kappa shape index (κ2) is 10.2. The molecule has 0 fully saturated rings. The highest BCUT2D eigenvalue weighted by molar-refractivity contribution is 5.94. The van der Waals surface area contributed by atoms with Crippen LogP contribution < -0.4 is 10.6 Å². The third-order valence-electron chi connectivity index (χ3n) is 5.44. The number of fused-ring (bicyclic) bond motifs is 1. The summed E-state index contributed by atoms with van der Waals surface area (Å²) in [7, 11) is 0. The lowest BCUT2D eigenvalue weighted by atomic mass is 10.0. The number of imidazole rings is 1. The molecule has 9 nitrogen and oxygen atoms in total. The Morgan fingerprint density at radius 2 is 1.79 bits per heavy atom. The van der Waals surface area contributed by atoms with E-state index >= 15 is 0 Å². The number of nitrogens with one attached hydrogen (secondary N) is 2. The van der Waals surface area contributed by atoms with E-state index in [1.165, 1.54) is 0 Å². The van der Waals surface area contributed by atoms with E-state index in [0.717, 1.165) is 22.5 Å². The van der Waals surface area contributed by atoms with Gasteiger partial charge < -0.3 is 20.1 Å². The standard InChI is InChI=1S/C25H26N4O5/c1-3-33-24(31)23-16(2)26-25(32)28-19(23)15-34-22(30)14-13-21-27-18-11-7-8-12-20(18)29(21)17-9-5-4-6-10-17/h4-12,16H,3,13-15H2,1-2H3,(H2,26,28,32)/t16-/m0/s1. The fourth-order valence-electron chi connectivity index (χ4n) is 3.94. The van der Waals surface area contributed by atoms with Crippen molar-refractivity contribution in [2.45, 2.75) is 32.7 Å². The highest BCUT2D eigenvalue weighted by atomic mass is 16.5. The number of para-hydroxylation sites is 3. The SMILES string of the molecule is CCOC(=O)C1=C(COC(=O)CCc2nc3ccccc3n2-c2ccccc2)NC(=O)N[C@H]1C. The van der Waals surface area contributed by atoms with E-state index in [1.807, 2.05) is 59.2 Å². The Bertz CT molecular complexity index is 1250. The second-order valence-corrected chi connectivity index (χ2v) is 7.78. The number of esters is 2. The van der Waals surface area contributed by atoms with Gasteiger partial charge in [0.2, 0.25) is 0 Å². The molecule has 4 rings (SSSR count). The number of carbonyl (C=O) groups is 3. The molecule has 2 amide bonds. The average molecular weight is 463 g/mol. The first kappa shape index (κ1) is 23.0. The minimum Gasteiger partial charge on any atom is -0.463 e. The molecule has 34 heavy (non-hydrogen) atoms. The Balaban J connectivity index is 1.48. The molecule has 1 aliphatic heterocycles. The van der Waals surface area contributed by atoms with Gasteiger partial charge in [0.15, 0.2) is 0 Å². The van der Waals surface area contributed by atoms with E-state index in [2.05, 4.69) is 10.6 Å². The molecule has 1 aromatic heterocycles. The summed E-state index contributed by atoms with van der Waals surface area (Å²) in [5.74, 6) is -0.299. The van der Waals surface area contributed by atoms with Crippen molar-refractivity contribution < 1.29 is 23.9 Å². The minimum absolute atomic E-state index is 0.0833. The fourth-order valence-corrected chi connectivity index (χ4v) is 3.94. The minimum atomic E-state index is -0.565. The maximum absolute atomic E-state index is 12.6. The zero-order valence-corrected chi connectivity index (χ0v) is 19.0. The number of aryl methyl sites for hydroxylation is 1. The molecule has 2 aromatic carbocycles. The summed E-state index contributed by atoms with van der Waals surface area (Å²) < 4.78 is 12.5. The normalized spacial score (nSPS) is 15.6. The van der Waals surface area contributed by atoms with E-state index in [1.54, 1.807) is 13.8 Å². The molecule has 9 heteroatoms. The molecule has 0 spiro atoms. The number of rotatable bonds is 8. The highest BCUT2D eigenvalue weighted by Gasteiger charge is 2.30. The summed E-state index contributed by atoms with van der Waals surface area (Å²) in [6, 6.07) is 16.6. The lowest BCUT2D eigenvalue weighted by Gasteiger charge is -2.26. The summed E-state index contributed by atoms with van der Waals surface area (Å²) in [6.07, 6.45) is 0.441. The molecule has 1 aliphatic rings. The van der Waals surface area contributed by atoms with Gasteiger partial charge in [0.25, 0.3) is 0 Å². The highest BCUT2D eigenvalue weighted by Crippen LogP contribution is 2.22. The third kappa shape index (κ3) is 4.93. The van der Waals surface area contributed by atoms with Crippen molar-refractivity contribution in [3.8, 4) is 5.69 Å². The van der Waals surface area contributed by atoms with Crippen LogP contribution in [-0.2, 0) is 25.5 Å². The van der Waals surface area contributed by atoms with Crippen molar-refractivity contribution in [1.82, 2.24) is 20.2 Å². The maximum Gasteiger partial charge on any atom is 0.338 e. The van der Waals surface area contributed by atoms with Crippen LogP contribution in [0.3, 0.4) is 0 Å². The van der Waals surface area contributed by atoms with Crippen molar-refractivity contribution in [2.24, 2.45) is 0 Å². The number of aromatic nitrogens is 2. The molecule has 0 unspecified atom stereocenters. The second-order valence-electron chi connectivity index (χ2n) is 7.78. The molecular weight excluding hydrogens is 436 g/mol. The average Bonchev–Trinajstić information content (AvgIpc) is 3.20. The zero-order chi connectivity index (χ0) is 24.1. The van der Waals surface area contributed by atoms with Gasteiger partial charge in [-0.05, 0) is 38.1 Å². The Kier molecular flexibility index (Phi) is 6.91. The maximum atomic E-state index is 12.6. The Hall–Kier alpha value is -4.14. The summed E-state index contributed by atoms with van der Waals surface area (Å²) in [6.45, 7) is 3.32. The molecular formula is C25H26N4O5. The fraction of sp³-hybridized carbons (Fsp3) is 0.280. The van der Waals surface area contributed by atoms with Crippen molar-refractivity contribution in [3.63, 3.8) is 0 Å². The van der Waals surface area contributed by atoms with Gasteiger partial charge in [-0.1, -0.05) is 30.3 Å². The van der Waals surface area contributed by atoms with E-state index in [9.17, 15) is 14.4 Å².